The number of Topliss-reactive ketones (excluding diaryl/α,β-unsaturated/α-hetero) is 1. The van der Waals surface area contributed by atoms with Crippen LogP contribution in [-0.4, -0.2) is 71.9 Å². The van der Waals surface area contributed by atoms with Crippen LogP contribution in [0, 0.1) is 6.92 Å². The Morgan fingerprint density at radius 3 is 2.65 bits per heavy atom. The highest BCUT2D eigenvalue weighted by molar-refractivity contribution is 6.31. The normalized spacial score (nSPS) is 19.6. The number of ketones is 1. The highest BCUT2D eigenvalue weighted by Crippen LogP contribution is 2.43. The van der Waals surface area contributed by atoms with E-state index in [9.17, 15) is 9.90 Å². The van der Waals surface area contributed by atoms with E-state index in [1.54, 1.807) is 31.2 Å². The Hall–Kier alpha value is -2.62. The number of aromatic hydroxyl groups is 1. The number of nitrogens with zero attached hydrogens (tertiary/aromatic N) is 2. The second-order valence-corrected chi connectivity index (χ2v) is 9.21. The van der Waals surface area contributed by atoms with E-state index in [4.69, 9.17) is 30.9 Å². The summed E-state index contributed by atoms with van der Waals surface area (Å²) in [5, 5.41) is 20.4. The molecule has 0 atom stereocenters. The van der Waals surface area contributed by atoms with Crippen molar-refractivity contribution in [3.8, 4) is 17.2 Å². The van der Waals surface area contributed by atoms with E-state index in [1.165, 1.54) is 0 Å². The third kappa shape index (κ3) is 4.39. The first-order chi connectivity index (χ1) is 16.4. The smallest absolute Gasteiger partial charge is 0.232 e. The number of β-amino-alcohol motifs (C(OH)–C–C–N with tert-alkyl or cyclic N) is 1. The maximum Gasteiger partial charge on any atom is 0.232 e. The van der Waals surface area contributed by atoms with Gasteiger partial charge in [0.2, 0.25) is 5.78 Å². The summed E-state index contributed by atoms with van der Waals surface area (Å²) in [7, 11) is 0. The van der Waals surface area contributed by atoms with Crippen molar-refractivity contribution in [3.05, 3.63) is 56.8 Å². The molecule has 2 N–H and O–H groups in total. The molecule has 3 aliphatic rings. The molecular formula is C25H27ClN2O6. The molecule has 0 amide bonds. The number of piperazine rings is 1. The van der Waals surface area contributed by atoms with Crippen molar-refractivity contribution in [1.82, 2.24) is 9.80 Å². The lowest BCUT2D eigenvalue weighted by Crippen LogP contribution is -2.46. The van der Waals surface area contributed by atoms with Gasteiger partial charge in [-0.05, 0) is 36.8 Å². The second kappa shape index (κ2) is 9.56. The minimum Gasteiger partial charge on any atom is -0.507 e. The Balaban J connectivity index is 1.45. The molecule has 0 aliphatic carbocycles. The number of halogens is 1. The third-order valence-electron chi connectivity index (χ3n) is 6.47. The lowest BCUT2D eigenvalue weighted by Gasteiger charge is -2.34. The van der Waals surface area contributed by atoms with Gasteiger partial charge in [-0.3, -0.25) is 14.6 Å². The number of aliphatic hydroxyl groups excluding tert-OH is 1. The Kier molecular flexibility index (Phi) is 6.50. The molecule has 0 saturated carbocycles. The van der Waals surface area contributed by atoms with E-state index >= 15 is 0 Å². The fraction of sp³-hybridized carbons (Fsp3) is 0.400. The van der Waals surface area contributed by atoms with E-state index in [0.717, 1.165) is 31.7 Å². The molecule has 3 heterocycles. The first-order valence-corrected chi connectivity index (χ1v) is 11.7. The lowest BCUT2D eigenvalue weighted by atomic mass is 9.98. The molecule has 0 aromatic heterocycles. The molecule has 3 aliphatic heterocycles. The van der Waals surface area contributed by atoms with Crippen LogP contribution in [0.2, 0.25) is 5.02 Å². The first kappa shape index (κ1) is 23.1. The number of ether oxygens (including phenoxy) is 3. The van der Waals surface area contributed by atoms with E-state index in [-0.39, 0.29) is 30.7 Å². The number of carbonyl (C=O) groups is 1. The van der Waals surface area contributed by atoms with Crippen LogP contribution in [0.15, 0.2) is 24.0 Å². The molecule has 1 fully saturated rings. The minimum atomic E-state index is -0.234. The Bertz CT molecular complexity index is 1160. The Labute approximate surface area is 202 Å². The van der Waals surface area contributed by atoms with Gasteiger partial charge in [-0.15, -0.1) is 0 Å². The van der Waals surface area contributed by atoms with E-state index in [0.29, 0.717) is 58.5 Å². The van der Waals surface area contributed by atoms with Gasteiger partial charge in [-0.25, -0.2) is 0 Å². The molecular weight excluding hydrogens is 460 g/mol. The SMILES string of the molecule is Cc1cc(O)c(CN2CCN(CCO)CC2)c2c1C(=O)/C(=C/c1cc(Cl)cc3c1OCOC3)O2. The van der Waals surface area contributed by atoms with Crippen molar-refractivity contribution in [2.24, 2.45) is 0 Å². The molecule has 2 aromatic carbocycles. The molecule has 0 spiro atoms. The molecule has 34 heavy (non-hydrogen) atoms. The average Bonchev–Trinajstić information content (AvgIpc) is 3.14. The number of phenolic OH excluding ortho intramolecular Hbond substituents is 1. The number of phenols is 1. The number of hydrogen-bond donors (Lipinski definition) is 2. The van der Waals surface area contributed by atoms with Crippen LogP contribution in [-0.2, 0) is 17.9 Å². The van der Waals surface area contributed by atoms with Crippen molar-refractivity contribution < 1.29 is 29.2 Å². The number of rotatable bonds is 5. The summed E-state index contributed by atoms with van der Waals surface area (Å²) in [5.74, 6) is 1.08. The summed E-state index contributed by atoms with van der Waals surface area (Å²) in [5.41, 5.74) is 3.19. The fourth-order valence-corrected chi connectivity index (χ4v) is 4.98. The van der Waals surface area contributed by atoms with Gasteiger partial charge in [0.05, 0.1) is 24.3 Å². The second-order valence-electron chi connectivity index (χ2n) is 8.77. The van der Waals surface area contributed by atoms with Gasteiger partial charge >= 0.3 is 0 Å². The quantitative estimate of drug-likeness (QED) is 0.623. The predicted molar refractivity (Wildman–Crippen MR) is 126 cm³/mol. The summed E-state index contributed by atoms with van der Waals surface area (Å²) in [6, 6.07) is 5.14. The van der Waals surface area contributed by atoms with Crippen LogP contribution in [0.1, 0.15) is 32.6 Å². The van der Waals surface area contributed by atoms with E-state index in [2.05, 4.69) is 9.80 Å². The van der Waals surface area contributed by atoms with Crippen molar-refractivity contribution in [2.75, 3.05) is 46.1 Å². The van der Waals surface area contributed by atoms with Crippen LogP contribution in [0.5, 0.6) is 17.2 Å². The number of benzene rings is 2. The van der Waals surface area contributed by atoms with Gasteiger partial charge in [-0.1, -0.05) is 11.6 Å². The van der Waals surface area contributed by atoms with Gasteiger partial charge in [0, 0.05) is 55.4 Å². The van der Waals surface area contributed by atoms with Crippen molar-refractivity contribution in [2.45, 2.75) is 20.1 Å². The number of aryl methyl sites for hydroxylation is 1. The van der Waals surface area contributed by atoms with Gasteiger partial charge in [0.1, 0.15) is 17.2 Å². The van der Waals surface area contributed by atoms with Crippen molar-refractivity contribution >= 4 is 23.5 Å². The van der Waals surface area contributed by atoms with Crippen molar-refractivity contribution in [3.63, 3.8) is 0 Å². The summed E-state index contributed by atoms with van der Waals surface area (Å²) in [6.07, 6.45) is 1.65. The number of carbonyl (C=O) groups excluding carboxylic acids is 1. The lowest BCUT2D eigenvalue weighted by molar-refractivity contribution is -0.0165. The average molecular weight is 487 g/mol. The molecule has 5 rings (SSSR count). The maximum absolute atomic E-state index is 13.3. The number of allylic oxidation sites excluding steroid dienone is 1. The maximum atomic E-state index is 13.3. The van der Waals surface area contributed by atoms with Crippen LogP contribution in [0.25, 0.3) is 6.08 Å². The first-order valence-electron chi connectivity index (χ1n) is 11.3. The molecule has 0 bridgehead atoms. The van der Waals surface area contributed by atoms with Crippen LogP contribution in [0.3, 0.4) is 0 Å². The summed E-state index contributed by atoms with van der Waals surface area (Å²) >= 11 is 6.28. The number of fused-ring (bicyclic) bond motifs is 2. The molecule has 0 radical (unpaired) electrons. The highest BCUT2D eigenvalue weighted by Gasteiger charge is 2.34. The van der Waals surface area contributed by atoms with E-state index < -0.39 is 0 Å². The zero-order valence-corrected chi connectivity index (χ0v) is 19.7. The van der Waals surface area contributed by atoms with Crippen LogP contribution in [0.4, 0.5) is 0 Å². The summed E-state index contributed by atoms with van der Waals surface area (Å²) in [4.78, 5) is 17.7. The summed E-state index contributed by atoms with van der Waals surface area (Å²) in [6.45, 7) is 6.84. The Morgan fingerprint density at radius 2 is 1.88 bits per heavy atom. The molecule has 1 saturated heterocycles. The van der Waals surface area contributed by atoms with Crippen LogP contribution < -0.4 is 9.47 Å². The van der Waals surface area contributed by atoms with Gasteiger partial charge < -0.3 is 24.4 Å². The standard InChI is InChI=1S/C25H27ClN2O6/c1-15-8-20(30)19(12-28-4-2-27(3-5-28)6-7-29)25-22(15)23(31)21(34-25)11-16-9-18(26)10-17-13-32-14-33-24(16)17/h8-11,29-30H,2-7,12-14H2,1H3/b21-11-. The van der Waals surface area contributed by atoms with Gasteiger partial charge in [0.25, 0.3) is 0 Å². The Morgan fingerprint density at radius 1 is 1.12 bits per heavy atom. The zero-order chi connectivity index (χ0) is 23.8. The minimum absolute atomic E-state index is 0.115. The zero-order valence-electron chi connectivity index (χ0n) is 19.0. The van der Waals surface area contributed by atoms with Crippen LogP contribution >= 0.6 is 11.6 Å². The van der Waals surface area contributed by atoms with Gasteiger partial charge in [-0.2, -0.15) is 0 Å². The van der Waals surface area contributed by atoms with E-state index in [1.807, 2.05) is 0 Å². The topological polar surface area (TPSA) is 91.7 Å². The molecule has 9 heteroatoms. The molecule has 8 nitrogen and oxygen atoms in total. The third-order valence-corrected chi connectivity index (χ3v) is 6.69. The molecule has 2 aromatic rings. The highest BCUT2D eigenvalue weighted by atomic mass is 35.5. The number of hydrogen-bond acceptors (Lipinski definition) is 8. The predicted octanol–water partition coefficient (Wildman–Crippen LogP) is 2.95. The largest absolute Gasteiger partial charge is 0.507 e. The number of aliphatic hydroxyl groups is 1. The fourth-order valence-electron chi connectivity index (χ4n) is 4.73. The summed E-state index contributed by atoms with van der Waals surface area (Å²) < 4.78 is 17.1. The molecule has 0 unspecified atom stereocenters. The molecule has 180 valence electrons. The monoisotopic (exact) mass is 486 g/mol. The van der Waals surface area contributed by atoms with Gasteiger partial charge in [0.15, 0.2) is 12.6 Å². The van der Waals surface area contributed by atoms with Crippen molar-refractivity contribution in [1.29, 1.82) is 0 Å².